The van der Waals surface area contributed by atoms with Crippen molar-refractivity contribution < 1.29 is 4.79 Å². The Balaban J connectivity index is 2.00. The number of thiophene rings is 1. The molecule has 0 aliphatic rings. The number of nitrogen functional groups attached to an aromatic ring is 1. The van der Waals surface area contributed by atoms with Crippen molar-refractivity contribution in [1.82, 2.24) is 5.32 Å². The van der Waals surface area contributed by atoms with E-state index in [9.17, 15) is 4.79 Å². The first-order chi connectivity index (χ1) is 9.06. The van der Waals surface area contributed by atoms with Crippen LogP contribution in [0, 0.1) is 6.92 Å². The molecule has 0 saturated heterocycles. The number of rotatable bonds is 4. The van der Waals surface area contributed by atoms with Gasteiger partial charge in [0.05, 0.1) is 5.56 Å². The van der Waals surface area contributed by atoms with Gasteiger partial charge in [-0.1, -0.05) is 12.1 Å². The molecule has 0 saturated carbocycles. The van der Waals surface area contributed by atoms with E-state index in [1.165, 1.54) is 4.88 Å². The van der Waals surface area contributed by atoms with Crippen molar-refractivity contribution in [3.63, 3.8) is 0 Å². The van der Waals surface area contributed by atoms with Gasteiger partial charge in [-0.2, -0.15) is 0 Å². The topological polar surface area (TPSA) is 55.1 Å². The molecule has 1 amide bonds. The van der Waals surface area contributed by atoms with Gasteiger partial charge in [0.2, 0.25) is 0 Å². The molecule has 0 aliphatic carbocycles. The summed E-state index contributed by atoms with van der Waals surface area (Å²) in [6.07, 6.45) is 0.842. The first kappa shape index (κ1) is 13.6. The third kappa shape index (κ3) is 3.58. The Morgan fingerprint density at radius 3 is 2.84 bits per heavy atom. The lowest BCUT2D eigenvalue weighted by Gasteiger charge is -2.14. The van der Waals surface area contributed by atoms with E-state index in [0.717, 1.165) is 12.0 Å². The summed E-state index contributed by atoms with van der Waals surface area (Å²) in [5.41, 5.74) is 8.01. The van der Waals surface area contributed by atoms with Crippen LogP contribution in [0.1, 0.15) is 27.7 Å². The van der Waals surface area contributed by atoms with Gasteiger partial charge >= 0.3 is 0 Å². The Morgan fingerprint density at radius 1 is 1.42 bits per heavy atom. The van der Waals surface area contributed by atoms with Crippen LogP contribution >= 0.6 is 11.3 Å². The highest BCUT2D eigenvalue weighted by atomic mass is 32.1. The summed E-state index contributed by atoms with van der Waals surface area (Å²) in [4.78, 5) is 13.4. The third-order valence-electron chi connectivity index (χ3n) is 2.92. The van der Waals surface area contributed by atoms with Crippen molar-refractivity contribution in [1.29, 1.82) is 0 Å². The molecule has 0 bridgehead atoms. The van der Waals surface area contributed by atoms with Crippen LogP contribution in [0.3, 0.4) is 0 Å². The molecule has 0 aliphatic heterocycles. The van der Waals surface area contributed by atoms with Gasteiger partial charge in [-0.25, -0.2) is 0 Å². The van der Waals surface area contributed by atoms with Crippen LogP contribution < -0.4 is 11.1 Å². The van der Waals surface area contributed by atoms with E-state index in [1.807, 2.05) is 37.4 Å². The quantitative estimate of drug-likeness (QED) is 0.842. The van der Waals surface area contributed by atoms with Gasteiger partial charge in [0.15, 0.2) is 0 Å². The minimum atomic E-state index is -0.110. The van der Waals surface area contributed by atoms with E-state index >= 15 is 0 Å². The van der Waals surface area contributed by atoms with E-state index in [0.29, 0.717) is 11.3 Å². The van der Waals surface area contributed by atoms with Crippen LogP contribution in [-0.4, -0.2) is 11.9 Å². The van der Waals surface area contributed by atoms with Gasteiger partial charge in [0.25, 0.3) is 5.91 Å². The monoisotopic (exact) mass is 274 g/mol. The Labute approximate surface area is 117 Å². The van der Waals surface area contributed by atoms with E-state index < -0.39 is 0 Å². The molecule has 1 aromatic carbocycles. The smallest absolute Gasteiger partial charge is 0.253 e. The van der Waals surface area contributed by atoms with Crippen molar-refractivity contribution in [2.45, 2.75) is 26.3 Å². The van der Waals surface area contributed by atoms with Crippen molar-refractivity contribution in [2.24, 2.45) is 0 Å². The predicted octanol–water partition coefficient (Wildman–Crippen LogP) is 3.00. The van der Waals surface area contributed by atoms with Crippen molar-refractivity contribution in [3.05, 3.63) is 51.7 Å². The van der Waals surface area contributed by atoms with Crippen LogP contribution in [0.4, 0.5) is 5.69 Å². The Hall–Kier alpha value is -1.81. The van der Waals surface area contributed by atoms with E-state index in [2.05, 4.69) is 11.4 Å². The maximum Gasteiger partial charge on any atom is 0.253 e. The fourth-order valence-electron chi connectivity index (χ4n) is 1.97. The Morgan fingerprint density at radius 2 is 2.21 bits per heavy atom. The fourth-order valence-corrected chi connectivity index (χ4v) is 2.81. The molecule has 19 heavy (non-hydrogen) atoms. The van der Waals surface area contributed by atoms with Crippen LogP contribution in [0.2, 0.25) is 0 Å². The summed E-state index contributed by atoms with van der Waals surface area (Å²) < 4.78 is 0. The van der Waals surface area contributed by atoms with Crippen molar-refractivity contribution in [3.8, 4) is 0 Å². The number of carbonyl (C=O) groups is 1. The SMILES string of the molecule is Cc1ccc(C(=O)NC(C)Cc2cccs2)c(N)c1. The van der Waals surface area contributed by atoms with E-state index in [4.69, 9.17) is 5.73 Å². The highest BCUT2D eigenvalue weighted by molar-refractivity contribution is 7.09. The molecule has 100 valence electrons. The van der Waals surface area contributed by atoms with Gasteiger partial charge in [-0.3, -0.25) is 4.79 Å². The molecule has 0 fully saturated rings. The van der Waals surface area contributed by atoms with E-state index in [-0.39, 0.29) is 11.9 Å². The zero-order valence-electron chi connectivity index (χ0n) is 11.1. The summed E-state index contributed by atoms with van der Waals surface area (Å²) in [5.74, 6) is -0.110. The largest absolute Gasteiger partial charge is 0.398 e. The lowest BCUT2D eigenvalue weighted by atomic mass is 10.1. The van der Waals surface area contributed by atoms with Crippen LogP contribution in [-0.2, 0) is 6.42 Å². The molecule has 0 radical (unpaired) electrons. The lowest BCUT2D eigenvalue weighted by molar-refractivity contribution is 0.0941. The molecule has 1 unspecified atom stereocenters. The zero-order valence-corrected chi connectivity index (χ0v) is 12.0. The number of nitrogens with two attached hydrogens (primary N) is 1. The molecule has 2 rings (SSSR count). The second kappa shape index (κ2) is 5.89. The van der Waals surface area contributed by atoms with Crippen molar-refractivity contribution in [2.75, 3.05) is 5.73 Å². The van der Waals surface area contributed by atoms with Crippen LogP contribution in [0.5, 0.6) is 0 Å². The summed E-state index contributed by atoms with van der Waals surface area (Å²) in [7, 11) is 0. The number of hydrogen-bond acceptors (Lipinski definition) is 3. The molecule has 1 aromatic heterocycles. The fraction of sp³-hybridized carbons (Fsp3) is 0.267. The average Bonchev–Trinajstić information content (AvgIpc) is 2.81. The van der Waals surface area contributed by atoms with Crippen molar-refractivity contribution >= 4 is 22.9 Å². The molecule has 4 heteroatoms. The second-order valence-electron chi connectivity index (χ2n) is 4.75. The zero-order chi connectivity index (χ0) is 13.8. The standard InChI is InChI=1S/C15H18N2OS/c1-10-5-6-13(14(16)8-10)15(18)17-11(2)9-12-4-3-7-19-12/h3-8,11H,9,16H2,1-2H3,(H,17,18). The van der Waals surface area contributed by atoms with Gasteiger partial charge < -0.3 is 11.1 Å². The number of nitrogens with one attached hydrogen (secondary N) is 1. The Kier molecular flexibility index (Phi) is 4.22. The van der Waals surface area contributed by atoms with Gasteiger partial charge in [0, 0.05) is 23.0 Å². The molecular weight excluding hydrogens is 256 g/mol. The molecule has 3 nitrogen and oxygen atoms in total. The first-order valence-corrected chi connectivity index (χ1v) is 7.13. The van der Waals surface area contributed by atoms with Crippen LogP contribution in [0.15, 0.2) is 35.7 Å². The average molecular weight is 274 g/mol. The first-order valence-electron chi connectivity index (χ1n) is 6.25. The number of anilines is 1. The highest BCUT2D eigenvalue weighted by Crippen LogP contribution is 2.15. The summed E-state index contributed by atoms with van der Waals surface area (Å²) in [5, 5.41) is 5.03. The minimum absolute atomic E-state index is 0.0897. The third-order valence-corrected chi connectivity index (χ3v) is 3.82. The van der Waals surface area contributed by atoms with Gasteiger partial charge in [-0.15, -0.1) is 11.3 Å². The Bertz CT molecular complexity index is 564. The second-order valence-corrected chi connectivity index (χ2v) is 5.78. The normalized spacial score (nSPS) is 12.1. The number of benzene rings is 1. The number of aryl methyl sites for hydroxylation is 1. The summed E-state index contributed by atoms with van der Waals surface area (Å²) in [6, 6.07) is 9.68. The minimum Gasteiger partial charge on any atom is -0.398 e. The number of hydrogen-bond donors (Lipinski definition) is 2. The maximum absolute atomic E-state index is 12.1. The highest BCUT2D eigenvalue weighted by Gasteiger charge is 2.13. The molecule has 0 spiro atoms. The summed E-state index contributed by atoms with van der Waals surface area (Å²) >= 11 is 1.70. The lowest BCUT2D eigenvalue weighted by Crippen LogP contribution is -2.34. The summed E-state index contributed by atoms with van der Waals surface area (Å²) in [6.45, 7) is 3.96. The van der Waals surface area contributed by atoms with Gasteiger partial charge in [-0.05, 0) is 43.0 Å². The van der Waals surface area contributed by atoms with Gasteiger partial charge in [0.1, 0.15) is 0 Å². The maximum atomic E-state index is 12.1. The molecule has 2 aromatic rings. The molecule has 1 atom stereocenters. The molecule has 1 heterocycles. The predicted molar refractivity (Wildman–Crippen MR) is 80.5 cm³/mol. The molecule has 3 N–H and O–H groups in total. The number of carbonyl (C=O) groups excluding carboxylic acids is 1. The van der Waals surface area contributed by atoms with Crippen LogP contribution in [0.25, 0.3) is 0 Å². The number of amides is 1. The molecular formula is C15H18N2OS. The van der Waals surface area contributed by atoms with E-state index in [1.54, 1.807) is 17.4 Å².